The molecule has 1 heterocycles. The molecule has 1 aromatic heterocycles. The minimum Gasteiger partial charge on any atom is -0.240 e. The van der Waals surface area contributed by atoms with E-state index < -0.39 is 5.92 Å². The number of aromatic nitrogens is 1. The van der Waals surface area contributed by atoms with E-state index in [9.17, 15) is 8.78 Å². The van der Waals surface area contributed by atoms with Gasteiger partial charge in [-0.05, 0) is 28.1 Å². The molecule has 0 aliphatic rings. The molecular weight excluding hydrogens is 216 g/mol. The van der Waals surface area contributed by atoms with Gasteiger partial charge in [-0.3, -0.25) is 0 Å². The summed E-state index contributed by atoms with van der Waals surface area (Å²) in [6.45, 7) is 0.821. The fourth-order valence-corrected chi connectivity index (χ4v) is 0.996. The zero-order valence-electron chi connectivity index (χ0n) is 5.81. The first-order chi connectivity index (χ1) is 5.00. The maximum Gasteiger partial charge on any atom is 0.287 e. The third kappa shape index (κ3) is 2.22. The highest BCUT2D eigenvalue weighted by molar-refractivity contribution is 9.10. The molecule has 0 N–H and O–H groups in total. The van der Waals surface area contributed by atoms with Crippen molar-refractivity contribution in [1.29, 1.82) is 0 Å². The van der Waals surface area contributed by atoms with Crippen LogP contribution >= 0.6 is 15.9 Å². The van der Waals surface area contributed by atoms with Gasteiger partial charge >= 0.3 is 0 Å². The number of nitrogens with zero attached hydrogens (tertiary/aromatic N) is 1. The van der Waals surface area contributed by atoms with E-state index in [4.69, 9.17) is 0 Å². The van der Waals surface area contributed by atoms with Gasteiger partial charge in [0.15, 0.2) is 0 Å². The van der Waals surface area contributed by atoms with Gasteiger partial charge in [-0.2, -0.15) is 8.78 Å². The fourth-order valence-electron chi connectivity index (χ4n) is 0.653. The Labute approximate surface area is 71.6 Å². The molecule has 0 fully saturated rings. The van der Waals surface area contributed by atoms with Crippen LogP contribution in [-0.2, 0) is 5.92 Å². The van der Waals surface area contributed by atoms with Gasteiger partial charge in [0.2, 0.25) is 0 Å². The maximum atomic E-state index is 12.6. The van der Waals surface area contributed by atoms with Crippen LogP contribution in [0.1, 0.15) is 12.6 Å². The summed E-state index contributed by atoms with van der Waals surface area (Å²) in [7, 11) is 0. The SMILES string of the molecule is CC(F)(F)c1cccc(Br)n1. The van der Waals surface area contributed by atoms with E-state index in [1.165, 1.54) is 12.1 Å². The number of pyridine rings is 1. The molecule has 0 amide bonds. The molecule has 4 heteroatoms. The fraction of sp³-hybridized carbons (Fsp3) is 0.286. The molecule has 11 heavy (non-hydrogen) atoms. The zero-order chi connectivity index (χ0) is 8.48. The Balaban J connectivity index is 3.06. The third-order valence-corrected chi connectivity index (χ3v) is 1.61. The van der Waals surface area contributed by atoms with Gasteiger partial charge in [0.1, 0.15) is 10.3 Å². The van der Waals surface area contributed by atoms with Crippen LogP contribution < -0.4 is 0 Å². The van der Waals surface area contributed by atoms with E-state index in [0.29, 0.717) is 4.60 Å². The minimum absolute atomic E-state index is 0.216. The second-order valence-corrected chi connectivity index (χ2v) is 3.05. The van der Waals surface area contributed by atoms with Crippen molar-refractivity contribution < 1.29 is 8.78 Å². The van der Waals surface area contributed by atoms with Gasteiger partial charge in [-0.1, -0.05) is 6.07 Å². The molecule has 0 spiro atoms. The highest BCUT2D eigenvalue weighted by Crippen LogP contribution is 2.25. The molecule has 60 valence electrons. The Bertz CT molecular complexity index is 257. The molecule has 0 aliphatic carbocycles. The Morgan fingerprint density at radius 2 is 2.09 bits per heavy atom. The predicted octanol–water partition coefficient (Wildman–Crippen LogP) is 2.96. The van der Waals surface area contributed by atoms with E-state index in [0.717, 1.165) is 6.92 Å². The van der Waals surface area contributed by atoms with E-state index in [2.05, 4.69) is 20.9 Å². The van der Waals surface area contributed by atoms with Crippen LogP contribution in [0.15, 0.2) is 22.8 Å². The first-order valence-electron chi connectivity index (χ1n) is 3.01. The number of halogens is 3. The lowest BCUT2D eigenvalue weighted by Gasteiger charge is -2.08. The van der Waals surface area contributed by atoms with Crippen molar-refractivity contribution in [3.8, 4) is 0 Å². The van der Waals surface area contributed by atoms with Crippen LogP contribution in [0.25, 0.3) is 0 Å². The molecule has 1 nitrogen and oxygen atoms in total. The molecule has 0 saturated heterocycles. The lowest BCUT2D eigenvalue weighted by molar-refractivity contribution is 0.0126. The standard InChI is InChI=1S/C7H6BrF2N/c1-7(9,10)5-3-2-4-6(8)11-5/h2-4H,1H3. The second-order valence-electron chi connectivity index (χ2n) is 2.23. The van der Waals surface area contributed by atoms with Gasteiger partial charge in [0.05, 0.1) is 0 Å². The van der Waals surface area contributed by atoms with E-state index >= 15 is 0 Å². The summed E-state index contributed by atoms with van der Waals surface area (Å²) >= 11 is 3.01. The highest BCUT2D eigenvalue weighted by atomic mass is 79.9. The Hall–Kier alpha value is -0.510. The molecule has 0 unspecified atom stereocenters. The van der Waals surface area contributed by atoms with Crippen molar-refractivity contribution in [2.24, 2.45) is 0 Å². The number of hydrogen-bond donors (Lipinski definition) is 0. The van der Waals surface area contributed by atoms with Crippen molar-refractivity contribution in [2.75, 3.05) is 0 Å². The summed E-state index contributed by atoms with van der Waals surface area (Å²) in [6, 6.07) is 4.43. The van der Waals surface area contributed by atoms with Gasteiger partial charge in [0, 0.05) is 6.92 Å². The van der Waals surface area contributed by atoms with Crippen LogP contribution in [0.5, 0.6) is 0 Å². The van der Waals surface area contributed by atoms with E-state index in [1.807, 2.05) is 0 Å². The van der Waals surface area contributed by atoms with Crippen LogP contribution in [0.3, 0.4) is 0 Å². The molecule has 0 aliphatic heterocycles. The highest BCUT2D eigenvalue weighted by Gasteiger charge is 2.25. The monoisotopic (exact) mass is 221 g/mol. The Morgan fingerprint density at radius 3 is 2.45 bits per heavy atom. The normalized spacial score (nSPS) is 11.6. The van der Waals surface area contributed by atoms with Crippen molar-refractivity contribution in [1.82, 2.24) is 4.98 Å². The Kier molecular flexibility index (Phi) is 2.23. The summed E-state index contributed by atoms with van der Waals surface area (Å²) in [4.78, 5) is 3.61. The third-order valence-electron chi connectivity index (χ3n) is 1.16. The maximum absolute atomic E-state index is 12.6. The summed E-state index contributed by atoms with van der Waals surface area (Å²) in [5.74, 6) is -2.86. The topological polar surface area (TPSA) is 12.9 Å². The van der Waals surface area contributed by atoms with Gasteiger partial charge in [-0.15, -0.1) is 0 Å². The molecule has 0 radical (unpaired) electrons. The van der Waals surface area contributed by atoms with E-state index in [-0.39, 0.29) is 5.69 Å². The van der Waals surface area contributed by atoms with Gasteiger partial charge in [0.25, 0.3) is 5.92 Å². The second kappa shape index (κ2) is 2.85. The molecule has 1 rings (SSSR count). The smallest absolute Gasteiger partial charge is 0.240 e. The van der Waals surface area contributed by atoms with Gasteiger partial charge in [-0.25, -0.2) is 4.98 Å². The Morgan fingerprint density at radius 1 is 1.45 bits per heavy atom. The quantitative estimate of drug-likeness (QED) is 0.665. The molecule has 1 aromatic rings. The molecular formula is C7H6BrF2N. The van der Waals surface area contributed by atoms with Crippen LogP contribution in [0, 0.1) is 0 Å². The zero-order valence-corrected chi connectivity index (χ0v) is 7.40. The summed E-state index contributed by atoms with van der Waals surface area (Å²) in [6.07, 6.45) is 0. The van der Waals surface area contributed by atoms with Crippen molar-refractivity contribution >= 4 is 15.9 Å². The van der Waals surface area contributed by atoms with Crippen LogP contribution in [0.4, 0.5) is 8.78 Å². The lowest BCUT2D eigenvalue weighted by atomic mass is 10.2. The molecule has 0 saturated carbocycles. The minimum atomic E-state index is -2.86. The first kappa shape index (κ1) is 8.59. The summed E-state index contributed by atoms with van der Waals surface area (Å²) < 4.78 is 25.5. The summed E-state index contributed by atoms with van der Waals surface area (Å²) in [5.41, 5.74) is -0.216. The van der Waals surface area contributed by atoms with Crippen molar-refractivity contribution in [3.63, 3.8) is 0 Å². The van der Waals surface area contributed by atoms with Crippen LogP contribution in [0.2, 0.25) is 0 Å². The van der Waals surface area contributed by atoms with Crippen LogP contribution in [-0.4, -0.2) is 4.98 Å². The molecule has 0 atom stereocenters. The average Bonchev–Trinajstić information content (AvgIpc) is 1.86. The molecule has 0 bridgehead atoms. The number of hydrogen-bond acceptors (Lipinski definition) is 1. The van der Waals surface area contributed by atoms with Crippen molar-refractivity contribution in [3.05, 3.63) is 28.5 Å². The first-order valence-corrected chi connectivity index (χ1v) is 3.80. The number of rotatable bonds is 1. The van der Waals surface area contributed by atoms with E-state index in [1.54, 1.807) is 6.07 Å². The van der Waals surface area contributed by atoms with Crippen molar-refractivity contribution in [2.45, 2.75) is 12.8 Å². The largest absolute Gasteiger partial charge is 0.287 e. The predicted molar refractivity (Wildman–Crippen MR) is 41.5 cm³/mol. The van der Waals surface area contributed by atoms with Gasteiger partial charge < -0.3 is 0 Å². The lowest BCUT2D eigenvalue weighted by Crippen LogP contribution is -2.09. The molecule has 0 aromatic carbocycles. The average molecular weight is 222 g/mol. The summed E-state index contributed by atoms with van der Waals surface area (Å²) in [5, 5.41) is 0. The number of alkyl halides is 2.